The molecule has 100 valence electrons. The molecule has 0 rings (SSSR count). The van der Waals surface area contributed by atoms with Crippen LogP contribution in [0.4, 0.5) is 4.79 Å². The third-order valence-corrected chi connectivity index (χ3v) is 2.65. The van der Waals surface area contributed by atoms with Crippen LogP contribution in [0.1, 0.15) is 20.8 Å². The Labute approximate surface area is 103 Å². The van der Waals surface area contributed by atoms with Gasteiger partial charge >= 0.3 is 6.03 Å². The molecule has 3 amide bonds. The molecule has 0 fully saturated rings. The van der Waals surface area contributed by atoms with Gasteiger partial charge in [0, 0.05) is 26.2 Å². The van der Waals surface area contributed by atoms with Crippen LogP contribution in [0.5, 0.6) is 0 Å². The van der Waals surface area contributed by atoms with Crippen molar-refractivity contribution in [1.29, 1.82) is 0 Å². The van der Waals surface area contributed by atoms with Crippen LogP contribution in [0, 0.1) is 0 Å². The number of rotatable bonds is 6. The summed E-state index contributed by atoms with van der Waals surface area (Å²) in [6.45, 7) is 7.52. The van der Waals surface area contributed by atoms with Gasteiger partial charge in [-0.15, -0.1) is 0 Å². The standard InChI is InChI=1S/C11H24N4O2/c1-8(2)15(5)7-6-13-9(3)10(16)14-11(17)12-4/h8-9,13H,6-7H2,1-5H3,(H2,12,14,16,17). The molecule has 6 nitrogen and oxygen atoms in total. The molecule has 0 heterocycles. The first kappa shape index (κ1) is 15.9. The first-order chi connectivity index (χ1) is 7.88. The molecule has 0 aromatic heterocycles. The summed E-state index contributed by atoms with van der Waals surface area (Å²) in [6, 6.07) is -0.386. The molecule has 0 aliphatic carbocycles. The molecule has 1 atom stereocenters. The van der Waals surface area contributed by atoms with Gasteiger partial charge in [0.1, 0.15) is 0 Å². The second kappa shape index (κ2) is 8.03. The number of urea groups is 1. The zero-order valence-corrected chi connectivity index (χ0v) is 11.3. The summed E-state index contributed by atoms with van der Waals surface area (Å²) in [4.78, 5) is 24.6. The molecule has 0 saturated heterocycles. The average molecular weight is 244 g/mol. The summed E-state index contributed by atoms with van der Waals surface area (Å²) in [6.07, 6.45) is 0. The fourth-order valence-electron chi connectivity index (χ4n) is 1.09. The maximum atomic E-state index is 11.5. The van der Waals surface area contributed by atoms with Crippen LogP contribution in [0.2, 0.25) is 0 Å². The summed E-state index contributed by atoms with van der Waals surface area (Å²) in [7, 11) is 3.50. The zero-order chi connectivity index (χ0) is 13.4. The maximum absolute atomic E-state index is 11.5. The molecule has 17 heavy (non-hydrogen) atoms. The Morgan fingerprint density at radius 2 is 1.82 bits per heavy atom. The number of carbonyl (C=O) groups excluding carboxylic acids is 2. The molecule has 0 aromatic carbocycles. The number of amides is 3. The Hall–Kier alpha value is -1.14. The highest BCUT2D eigenvalue weighted by molar-refractivity contribution is 5.96. The van der Waals surface area contributed by atoms with Crippen molar-refractivity contribution < 1.29 is 9.59 Å². The SMILES string of the molecule is CNC(=O)NC(=O)C(C)NCCN(C)C(C)C. The van der Waals surface area contributed by atoms with Crippen molar-refractivity contribution in [3.8, 4) is 0 Å². The molecular formula is C11H24N4O2. The van der Waals surface area contributed by atoms with E-state index in [4.69, 9.17) is 0 Å². The highest BCUT2D eigenvalue weighted by Crippen LogP contribution is 1.91. The third kappa shape index (κ3) is 6.91. The highest BCUT2D eigenvalue weighted by atomic mass is 16.2. The molecule has 6 heteroatoms. The Morgan fingerprint density at radius 1 is 1.24 bits per heavy atom. The molecular weight excluding hydrogens is 220 g/mol. The van der Waals surface area contributed by atoms with Gasteiger partial charge in [0.2, 0.25) is 5.91 Å². The first-order valence-electron chi connectivity index (χ1n) is 5.84. The monoisotopic (exact) mass is 244 g/mol. The van der Waals surface area contributed by atoms with Crippen LogP contribution >= 0.6 is 0 Å². The van der Waals surface area contributed by atoms with E-state index in [1.807, 2.05) is 7.05 Å². The number of imide groups is 1. The predicted molar refractivity (Wildman–Crippen MR) is 67.8 cm³/mol. The summed E-state index contributed by atoms with van der Waals surface area (Å²) < 4.78 is 0. The number of carbonyl (C=O) groups is 2. The van der Waals surface area contributed by atoms with Gasteiger partial charge in [-0.1, -0.05) is 0 Å². The second-order valence-corrected chi connectivity index (χ2v) is 4.32. The minimum atomic E-state index is -0.483. The molecule has 3 N–H and O–H groups in total. The predicted octanol–water partition coefficient (Wildman–Crippen LogP) is -0.240. The average Bonchev–Trinajstić information content (AvgIpc) is 2.28. The lowest BCUT2D eigenvalue weighted by Crippen LogP contribution is -2.48. The molecule has 0 aliphatic heterocycles. The normalized spacial score (nSPS) is 12.6. The van der Waals surface area contributed by atoms with Gasteiger partial charge in [0.05, 0.1) is 6.04 Å². The van der Waals surface area contributed by atoms with Crippen molar-refractivity contribution in [3.63, 3.8) is 0 Å². The first-order valence-corrected chi connectivity index (χ1v) is 5.84. The van der Waals surface area contributed by atoms with Crippen molar-refractivity contribution >= 4 is 11.9 Å². The number of hydrogen-bond acceptors (Lipinski definition) is 4. The molecule has 0 aromatic rings. The zero-order valence-electron chi connectivity index (χ0n) is 11.3. The van der Waals surface area contributed by atoms with Crippen LogP contribution in [0.25, 0.3) is 0 Å². The van der Waals surface area contributed by atoms with E-state index in [0.717, 1.165) is 6.54 Å². The fraction of sp³-hybridized carbons (Fsp3) is 0.818. The van der Waals surface area contributed by atoms with E-state index in [-0.39, 0.29) is 11.9 Å². The van der Waals surface area contributed by atoms with Crippen LogP contribution in [-0.2, 0) is 4.79 Å². The lowest BCUT2D eigenvalue weighted by molar-refractivity contribution is -0.121. The molecule has 0 radical (unpaired) electrons. The van der Waals surface area contributed by atoms with Crippen LogP contribution < -0.4 is 16.0 Å². The van der Waals surface area contributed by atoms with E-state index >= 15 is 0 Å². The van der Waals surface area contributed by atoms with E-state index in [9.17, 15) is 9.59 Å². The molecule has 0 saturated carbocycles. The number of hydrogen-bond donors (Lipinski definition) is 3. The largest absolute Gasteiger partial charge is 0.341 e. The van der Waals surface area contributed by atoms with Crippen molar-refractivity contribution in [2.45, 2.75) is 32.9 Å². The van der Waals surface area contributed by atoms with E-state index in [2.05, 4.69) is 34.7 Å². The van der Waals surface area contributed by atoms with Gasteiger partial charge in [-0.05, 0) is 27.8 Å². The summed E-state index contributed by atoms with van der Waals surface area (Å²) in [5.74, 6) is -0.323. The van der Waals surface area contributed by atoms with E-state index in [0.29, 0.717) is 12.6 Å². The van der Waals surface area contributed by atoms with Gasteiger partial charge in [-0.3, -0.25) is 10.1 Å². The molecule has 1 unspecified atom stereocenters. The lowest BCUT2D eigenvalue weighted by atomic mass is 10.3. The van der Waals surface area contributed by atoms with Gasteiger partial charge in [-0.25, -0.2) is 4.79 Å². The van der Waals surface area contributed by atoms with Crippen LogP contribution in [-0.4, -0.2) is 56.1 Å². The quantitative estimate of drug-likeness (QED) is 0.603. The van der Waals surface area contributed by atoms with Crippen LogP contribution in [0.3, 0.4) is 0 Å². The lowest BCUT2D eigenvalue weighted by Gasteiger charge is -2.22. The number of nitrogens with zero attached hydrogens (tertiary/aromatic N) is 1. The fourth-order valence-corrected chi connectivity index (χ4v) is 1.09. The van der Waals surface area contributed by atoms with Crippen molar-refractivity contribution in [1.82, 2.24) is 20.9 Å². The molecule has 0 spiro atoms. The minimum Gasteiger partial charge on any atom is -0.341 e. The third-order valence-electron chi connectivity index (χ3n) is 2.65. The van der Waals surface area contributed by atoms with Crippen LogP contribution in [0.15, 0.2) is 0 Å². The van der Waals surface area contributed by atoms with Crippen molar-refractivity contribution in [2.75, 3.05) is 27.2 Å². The Kier molecular flexibility index (Phi) is 7.49. The molecule has 0 bridgehead atoms. The second-order valence-electron chi connectivity index (χ2n) is 4.32. The highest BCUT2D eigenvalue weighted by Gasteiger charge is 2.14. The van der Waals surface area contributed by atoms with Gasteiger partial charge in [0.25, 0.3) is 0 Å². The van der Waals surface area contributed by atoms with Gasteiger partial charge in [-0.2, -0.15) is 0 Å². The summed E-state index contributed by atoms with van der Waals surface area (Å²) in [5, 5.41) is 7.62. The Balaban J connectivity index is 3.82. The summed E-state index contributed by atoms with van der Waals surface area (Å²) >= 11 is 0. The van der Waals surface area contributed by atoms with E-state index in [1.54, 1.807) is 6.92 Å². The molecule has 0 aliphatic rings. The smallest absolute Gasteiger partial charge is 0.321 e. The van der Waals surface area contributed by atoms with Crippen molar-refractivity contribution in [3.05, 3.63) is 0 Å². The summed E-state index contributed by atoms with van der Waals surface area (Å²) in [5.41, 5.74) is 0. The number of likely N-dealkylation sites (N-methyl/N-ethyl adjacent to an activating group) is 1. The minimum absolute atomic E-state index is 0.323. The maximum Gasteiger partial charge on any atom is 0.321 e. The topological polar surface area (TPSA) is 73.5 Å². The van der Waals surface area contributed by atoms with E-state index in [1.165, 1.54) is 7.05 Å². The van der Waals surface area contributed by atoms with Crippen molar-refractivity contribution in [2.24, 2.45) is 0 Å². The number of nitrogens with one attached hydrogen (secondary N) is 3. The van der Waals surface area contributed by atoms with E-state index < -0.39 is 6.03 Å². The Bertz CT molecular complexity index is 256. The van der Waals surface area contributed by atoms with Gasteiger partial charge in [0.15, 0.2) is 0 Å². The van der Waals surface area contributed by atoms with Gasteiger partial charge < -0.3 is 15.5 Å². The Morgan fingerprint density at radius 3 is 2.29 bits per heavy atom.